The molecule has 0 aromatic heterocycles. The molecule has 0 saturated heterocycles. The zero-order valence-corrected chi connectivity index (χ0v) is 12.5. The predicted molar refractivity (Wildman–Crippen MR) is 85.4 cm³/mol. The Labute approximate surface area is 128 Å². The summed E-state index contributed by atoms with van der Waals surface area (Å²) in [6.07, 6.45) is 0. The second-order valence-corrected chi connectivity index (χ2v) is 5.08. The second kappa shape index (κ2) is 6.63. The number of thiocarbonyl (C=S) groups is 1. The number of benzene rings is 2. The third-order valence-corrected chi connectivity index (χ3v) is 3.48. The summed E-state index contributed by atoms with van der Waals surface area (Å²) >= 11 is 4.84. The van der Waals surface area contributed by atoms with Gasteiger partial charge >= 0.3 is 0 Å². The van der Waals surface area contributed by atoms with Gasteiger partial charge in [-0.2, -0.15) is 0 Å². The number of halogens is 2. The fraction of sp³-hybridized carbons (Fsp3) is 0.188. The molecule has 0 unspecified atom stereocenters. The molecule has 2 rings (SSSR count). The molecule has 0 fully saturated rings. The highest BCUT2D eigenvalue weighted by molar-refractivity contribution is 7.80. The van der Waals surface area contributed by atoms with E-state index in [2.05, 4.69) is 0 Å². The van der Waals surface area contributed by atoms with Crippen LogP contribution in [-0.2, 0) is 6.54 Å². The lowest BCUT2D eigenvalue weighted by atomic mass is 10.1. The lowest BCUT2D eigenvalue weighted by Crippen LogP contribution is -2.23. The van der Waals surface area contributed by atoms with Gasteiger partial charge in [-0.1, -0.05) is 30.4 Å². The molecule has 0 amide bonds. The van der Waals surface area contributed by atoms with Crippen LogP contribution in [0.1, 0.15) is 18.1 Å². The summed E-state index contributed by atoms with van der Waals surface area (Å²) < 4.78 is 27.7. The topological polar surface area (TPSA) is 29.3 Å². The first-order valence-corrected chi connectivity index (χ1v) is 7.01. The molecular weight excluding hydrogens is 290 g/mol. The maximum absolute atomic E-state index is 14.3. The van der Waals surface area contributed by atoms with Crippen LogP contribution in [0.3, 0.4) is 0 Å². The van der Waals surface area contributed by atoms with Crippen molar-refractivity contribution in [2.45, 2.75) is 13.5 Å². The van der Waals surface area contributed by atoms with E-state index in [1.54, 1.807) is 30.3 Å². The lowest BCUT2D eigenvalue weighted by Gasteiger charge is -2.24. The van der Waals surface area contributed by atoms with Gasteiger partial charge in [0.25, 0.3) is 0 Å². The van der Waals surface area contributed by atoms with E-state index < -0.39 is 5.82 Å². The molecule has 0 aliphatic heterocycles. The molecule has 2 N–H and O–H groups in total. The smallest absolute Gasteiger partial charge is 0.138 e. The third kappa shape index (κ3) is 3.55. The Bertz CT molecular complexity index is 658. The van der Waals surface area contributed by atoms with Crippen LogP contribution in [0.2, 0.25) is 0 Å². The van der Waals surface area contributed by atoms with E-state index in [0.29, 0.717) is 24.3 Å². The zero-order chi connectivity index (χ0) is 15.4. The highest BCUT2D eigenvalue weighted by Gasteiger charge is 2.13. The van der Waals surface area contributed by atoms with Gasteiger partial charge in [-0.25, -0.2) is 8.78 Å². The maximum Gasteiger partial charge on any atom is 0.138 e. The largest absolute Gasteiger partial charge is 0.389 e. The molecule has 0 saturated carbocycles. The number of nitrogens with two attached hydrogens (primary N) is 1. The monoisotopic (exact) mass is 306 g/mol. The number of anilines is 1. The Kier molecular flexibility index (Phi) is 4.85. The molecular formula is C16H16F2N2S. The highest BCUT2D eigenvalue weighted by Crippen LogP contribution is 2.21. The van der Waals surface area contributed by atoms with Gasteiger partial charge in [0.05, 0.1) is 0 Å². The average molecular weight is 306 g/mol. The van der Waals surface area contributed by atoms with Crippen molar-refractivity contribution in [1.82, 2.24) is 0 Å². The molecule has 2 aromatic rings. The number of hydrogen-bond donors (Lipinski definition) is 1. The lowest BCUT2D eigenvalue weighted by molar-refractivity contribution is 0.602. The summed E-state index contributed by atoms with van der Waals surface area (Å²) in [5.74, 6) is -0.733. The van der Waals surface area contributed by atoms with Crippen molar-refractivity contribution in [1.29, 1.82) is 0 Å². The van der Waals surface area contributed by atoms with E-state index in [4.69, 9.17) is 18.0 Å². The van der Waals surface area contributed by atoms with Gasteiger partial charge in [0.2, 0.25) is 0 Å². The Morgan fingerprint density at radius 3 is 2.52 bits per heavy atom. The Morgan fingerprint density at radius 2 is 1.90 bits per heavy atom. The molecule has 2 nitrogen and oxygen atoms in total. The summed E-state index contributed by atoms with van der Waals surface area (Å²) in [6, 6.07) is 11.2. The van der Waals surface area contributed by atoms with Crippen molar-refractivity contribution in [3.63, 3.8) is 0 Å². The van der Waals surface area contributed by atoms with Crippen LogP contribution in [0.25, 0.3) is 0 Å². The summed E-state index contributed by atoms with van der Waals surface area (Å²) in [7, 11) is 0. The number of hydrogen-bond acceptors (Lipinski definition) is 2. The molecule has 110 valence electrons. The molecule has 5 heteroatoms. The normalized spacial score (nSPS) is 10.4. The molecule has 0 aliphatic rings. The average Bonchev–Trinajstić information content (AvgIpc) is 2.46. The van der Waals surface area contributed by atoms with E-state index in [1.807, 2.05) is 11.8 Å². The van der Waals surface area contributed by atoms with E-state index in [-0.39, 0.29) is 16.4 Å². The molecule has 2 aromatic carbocycles. The van der Waals surface area contributed by atoms with Crippen molar-refractivity contribution >= 4 is 22.9 Å². The molecule has 0 radical (unpaired) electrons. The van der Waals surface area contributed by atoms with E-state index in [1.165, 1.54) is 12.1 Å². The van der Waals surface area contributed by atoms with E-state index in [9.17, 15) is 8.78 Å². The zero-order valence-electron chi connectivity index (χ0n) is 11.6. The molecule has 0 heterocycles. The van der Waals surface area contributed by atoms with Gasteiger partial charge in [0.1, 0.15) is 16.6 Å². The molecule has 0 spiro atoms. The SMILES string of the molecule is CCN(Cc1cccc(C(N)=S)c1F)c1cccc(F)c1. The van der Waals surface area contributed by atoms with Crippen LogP contribution in [0.5, 0.6) is 0 Å². The summed E-state index contributed by atoms with van der Waals surface area (Å²) in [5.41, 5.74) is 6.92. The fourth-order valence-corrected chi connectivity index (χ4v) is 2.31. The minimum atomic E-state index is -0.417. The quantitative estimate of drug-likeness (QED) is 0.855. The van der Waals surface area contributed by atoms with Gasteiger partial charge in [0.15, 0.2) is 0 Å². The van der Waals surface area contributed by atoms with Crippen LogP contribution < -0.4 is 10.6 Å². The van der Waals surface area contributed by atoms with Crippen LogP contribution in [-0.4, -0.2) is 11.5 Å². The third-order valence-electron chi connectivity index (χ3n) is 3.26. The summed E-state index contributed by atoms with van der Waals surface area (Å²) in [6.45, 7) is 2.88. The van der Waals surface area contributed by atoms with Gasteiger partial charge in [-0.05, 0) is 31.2 Å². The highest BCUT2D eigenvalue weighted by atomic mass is 32.1. The molecule has 0 bridgehead atoms. The van der Waals surface area contributed by atoms with Crippen LogP contribution in [0.4, 0.5) is 14.5 Å². The van der Waals surface area contributed by atoms with Gasteiger partial charge < -0.3 is 10.6 Å². The van der Waals surface area contributed by atoms with E-state index in [0.717, 1.165) is 0 Å². The maximum atomic E-state index is 14.3. The predicted octanol–water partition coefficient (Wildman–Crippen LogP) is 3.63. The first-order valence-electron chi connectivity index (χ1n) is 6.60. The van der Waals surface area contributed by atoms with Crippen molar-refractivity contribution in [2.24, 2.45) is 5.73 Å². The first-order chi connectivity index (χ1) is 10.0. The van der Waals surface area contributed by atoms with Crippen molar-refractivity contribution in [2.75, 3.05) is 11.4 Å². The van der Waals surface area contributed by atoms with Crippen molar-refractivity contribution < 1.29 is 8.78 Å². The van der Waals surface area contributed by atoms with Gasteiger partial charge in [-0.3, -0.25) is 0 Å². The minimum absolute atomic E-state index is 0.0307. The summed E-state index contributed by atoms with van der Waals surface area (Å²) in [4.78, 5) is 1.91. The van der Waals surface area contributed by atoms with Gasteiger partial charge in [-0.15, -0.1) is 0 Å². The Hall–Kier alpha value is -2.01. The first kappa shape index (κ1) is 15.4. The minimum Gasteiger partial charge on any atom is -0.389 e. The standard InChI is InChI=1S/C16H16F2N2S/c1-2-20(13-7-4-6-12(17)9-13)10-11-5-3-8-14(15(11)18)16(19)21/h3-9H,2,10H2,1H3,(H2,19,21). The van der Waals surface area contributed by atoms with Crippen molar-refractivity contribution in [3.8, 4) is 0 Å². The van der Waals surface area contributed by atoms with Crippen molar-refractivity contribution in [3.05, 3.63) is 65.2 Å². The number of nitrogens with zero attached hydrogens (tertiary/aromatic N) is 1. The summed E-state index contributed by atoms with van der Waals surface area (Å²) in [5, 5.41) is 0. The Morgan fingerprint density at radius 1 is 1.19 bits per heavy atom. The van der Waals surface area contributed by atoms with Crippen LogP contribution >= 0.6 is 12.2 Å². The van der Waals surface area contributed by atoms with Crippen LogP contribution in [0, 0.1) is 11.6 Å². The number of rotatable bonds is 5. The molecule has 0 atom stereocenters. The molecule has 21 heavy (non-hydrogen) atoms. The van der Waals surface area contributed by atoms with Crippen LogP contribution in [0.15, 0.2) is 42.5 Å². The Balaban J connectivity index is 2.31. The fourth-order valence-electron chi connectivity index (χ4n) is 2.16. The van der Waals surface area contributed by atoms with Gasteiger partial charge in [0, 0.05) is 29.9 Å². The molecule has 0 aliphatic carbocycles. The van der Waals surface area contributed by atoms with E-state index >= 15 is 0 Å². The second-order valence-electron chi connectivity index (χ2n) is 4.64.